The second-order valence-corrected chi connectivity index (χ2v) is 2.24. The van der Waals surface area contributed by atoms with Gasteiger partial charge in [0, 0.05) is 37.7 Å². The Morgan fingerprint density at radius 2 is 1.31 bits per heavy atom. The van der Waals surface area contributed by atoms with Crippen molar-refractivity contribution in [3.05, 3.63) is 31.3 Å². The number of aromatic nitrogens is 4. The number of aromatic amines is 4. The van der Waals surface area contributed by atoms with Gasteiger partial charge in [-0.05, 0) is 0 Å². The van der Waals surface area contributed by atoms with Crippen molar-refractivity contribution in [3.63, 3.8) is 0 Å². The zero-order chi connectivity index (χ0) is 8.72. The van der Waals surface area contributed by atoms with E-state index in [4.69, 9.17) is 0 Å². The SMILES string of the molecule is O=c1[nH]c(=O)c2[nH]c(=O)[nH]c2[nH]1.[Ca]. The summed E-state index contributed by atoms with van der Waals surface area (Å²) in [4.78, 5) is 41.0. The number of H-pyrrole nitrogens is 4. The summed E-state index contributed by atoms with van der Waals surface area (Å²) >= 11 is 0. The molecule has 0 amide bonds. The van der Waals surface area contributed by atoms with Crippen molar-refractivity contribution in [1.29, 1.82) is 0 Å². The maximum Gasteiger partial charge on any atom is 0.327 e. The molecule has 0 spiro atoms. The van der Waals surface area contributed by atoms with E-state index in [9.17, 15) is 14.4 Å². The Morgan fingerprint density at radius 1 is 0.769 bits per heavy atom. The Labute approximate surface area is 99.6 Å². The standard InChI is InChI=1S/C5H4N4O3.Ca/c10-3-1-2(7-4(11)6-1)8-5(12)9-3;/h(H4,6,7,8,9,10,11,12);. The van der Waals surface area contributed by atoms with Crippen molar-refractivity contribution in [1.82, 2.24) is 19.9 Å². The second kappa shape index (κ2) is 3.52. The normalized spacial score (nSPS) is 9.85. The zero-order valence-corrected chi connectivity index (χ0v) is 8.64. The van der Waals surface area contributed by atoms with Gasteiger partial charge in [0.05, 0.1) is 0 Å². The molecule has 0 unspecified atom stereocenters. The van der Waals surface area contributed by atoms with Crippen LogP contribution in [-0.2, 0) is 0 Å². The molecule has 7 nitrogen and oxygen atoms in total. The maximum atomic E-state index is 10.9. The van der Waals surface area contributed by atoms with E-state index in [2.05, 4.69) is 15.0 Å². The van der Waals surface area contributed by atoms with Gasteiger partial charge in [0.25, 0.3) is 5.56 Å². The second-order valence-electron chi connectivity index (χ2n) is 2.24. The molecule has 0 saturated heterocycles. The van der Waals surface area contributed by atoms with E-state index < -0.39 is 16.9 Å². The smallest absolute Gasteiger partial charge is 0.300 e. The molecule has 0 bridgehead atoms. The Balaban J connectivity index is 0.000000845. The summed E-state index contributed by atoms with van der Waals surface area (Å²) in [7, 11) is 0. The summed E-state index contributed by atoms with van der Waals surface area (Å²) in [5.74, 6) is 0. The number of fused-ring (bicyclic) bond motifs is 1. The van der Waals surface area contributed by atoms with E-state index in [0.717, 1.165) is 0 Å². The number of hydrogen-bond donors (Lipinski definition) is 4. The van der Waals surface area contributed by atoms with Crippen molar-refractivity contribution < 1.29 is 0 Å². The van der Waals surface area contributed by atoms with Gasteiger partial charge in [-0.25, -0.2) is 9.59 Å². The third-order valence-corrected chi connectivity index (χ3v) is 1.42. The van der Waals surface area contributed by atoms with E-state index >= 15 is 0 Å². The molecule has 0 fully saturated rings. The minimum Gasteiger partial charge on any atom is -0.300 e. The van der Waals surface area contributed by atoms with E-state index in [1.54, 1.807) is 0 Å². The van der Waals surface area contributed by atoms with Crippen molar-refractivity contribution in [2.45, 2.75) is 0 Å². The third kappa shape index (κ3) is 1.77. The molecule has 8 heteroatoms. The monoisotopic (exact) mass is 208 g/mol. The van der Waals surface area contributed by atoms with Gasteiger partial charge in [0.2, 0.25) is 0 Å². The Bertz CT molecular complexity index is 588. The molecule has 0 aliphatic carbocycles. The molecule has 0 aromatic carbocycles. The van der Waals surface area contributed by atoms with Gasteiger partial charge in [0.15, 0.2) is 0 Å². The number of nitrogens with one attached hydrogen (secondary N) is 4. The first-order valence-electron chi connectivity index (χ1n) is 3.11. The van der Waals surface area contributed by atoms with E-state index in [0.29, 0.717) is 0 Å². The molecule has 0 saturated carbocycles. The first kappa shape index (κ1) is 10.3. The summed E-state index contributed by atoms with van der Waals surface area (Å²) in [6.07, 6.45) is 0. The molecule has 13 heavy (non-hydrogen) atoms. The van der Waals surface area contributed by atoms with Crippen LogP contribution >= 0.6 is 0 Å². The fourth-order valence-electron chi connectivity index (χ4n) is 0.958. The van der Waals surface area contributed by atoms with Crippen LogP contribution in [0.5, 0.6) is 0 Å². The maximum absolute atomic E-state index is 10.9. The van der Waals surface area contributed by atoms with Crippen LogP contribution in [0.2, 0.25) is 0 Å². The van der Waals surface area contributed by atoms with Gasteiger partial charge >= 0.3 is 11.4 Å². The summed E-state index contributed by atoms with van der Waals surface area (Å²) in [5, 5.41) is 0. The van der Waals surface area contributed by atoms with Gasteiger partial charge in [-0.2, -0.15) is 0 Å². The van der Waals surface area contributed by atoms with Gasteiger partial charge in [-0.15, -0.1) is 0 Å². The van der Waals surface area contributed by atoms with Crippen molar-refractivity contribution in [3.8, 4) is 0 Å². The minimum atomic E-state index is -0.650. The first-order valence-corrected chi connectivity index (χ1v) is 3.11. The molecule has 0 aliphatic rings. The minimum absolute atomic E-state index is 0. The molecular weight excluding hydrogens is 204 g/mol. The van der Waals surface area contributed by atoms with Crippen molar-refractivity contribution >= 4 is 48.9 Å². The van der Waals surface area contributed by atoms with Gasteiger partial charge in [-0.1, -0.05) is 0 Å². The topological polar surface area (TPSA) is 114 Å². The Kier molecular flexibility index (Phi) is 2.79. The Hall–Kier alpha value is -0.790. The molecular formula is C5H4CaN4O3. The number of rotatable bonds is 0. The molecule has 2 heterocycles. The van der Waals surface area contributed by atoms with Gasteiger partial charge in [-0.3, -0.25) is 24.7 Å². The molecule has 0 atom stereocenters. The molecule has 2 rings (SSSR count). The first-order chi connectivity index (χ1) is 5.66. The van der Waals surface area contributed by atoms with Crippen LogP contribution in [0.15, 0.2) is 14.4 Å². The quantitative estimate of drug-likeness (QED) is 0.370. The summed E-state index contributed by atoms with van der Waals surface area (Å²) in [6, 6.07) is 0. The van der Waals surface area contributed by atoms with Crippen molar-refractivity contribution in [2.75, 3.05) is 0 Å². The predicted molar refractivity (Wildman–Crippen MR) is 45.9 cm³/mol. The largest absolute Gasteiger partial charge is 0.327 e. The summed E-state index contributed by atoms with van der Waals surface area (Å²) < 4.78 is 0. The van der Waals surface area contributed by atoms with E-state index in [-0.39, 0.29) is 48.9 Å². The average Bonchev–Trinajstić information content (AvgIpc) is 2.29. The van der Waals surface area contributed by atoms with E-state index in [1.807, 2.05) is 4.98 Å². The van der Waals surface area contributed by atoms with E-state index in [1.165, 1.54) is 0 Å². The zero-order valence-electron chi connectivity index (χ0n) is 6.43. The molecule has 0 aliphatic heterocycles. The predicted octanol–water partition coefficient (Wildman–Crippen LogP) is -2.15. The van der Waals surface area contributed by atoms with Gasteiger partial charge < -0.3 is 0 Å². The van der Waals surface area contributed by atoms with Crippen LogP contribution < -0.4 is 16.9 Å². The van der Waals surface area contributed by atoms with Gasteiger partial charge in [0.1, 0.15) is 11.2 Å². The number of imidazole rings is 1. The average molecular weight is 208 g/mol. The van der Waals surface area contributed by atoms with Crippen LogP contribution in [-0.4, -0.2) is 57.7 Å². The fourth-order valence-corrected chi connectivity index (χ4v) is 0.958. The van der Waals surface area contributed by atoms with Crippen LogP contribution in [0.3, 0.4) is 0 Å². The fraction of sp³-hybridized carbons (Fsp3) is 0. The molecule has 64 valence electrons. The number of hydrogen-bond acceptors (Lipinski definition) is 3. The third-order valence-electron chi connectivity index (χ3n) is 1.42. The van der Waals surface area contributed by atoms with Crippen LogP contribution in [0.25, 0.3) is 11.2 Å². The van der Waals surface area contributed by atoms with Crippen molar-refractivity contribution in [2.24, 2.45) is 0 Å². The summed E-state index contributed by atoms with van der Waals surface area (Å²) in [6.45, 7) is 0. The molecule has 2 aromatic rings. The van der Waals surface area contributed by atoms with Crippen LogP contribution in [0.1, 0.15) is 0 Å². The summed E-state index contributed by atoms with van der Waals surface area (Å²) in [5.41, 5.74) is -1.65. The molecule has 2 aromatic heterocycles. The molecule has 2 radical (unpaired) electrons. The molecule has 4 N–H and O–H groups in total. The van der Waals surface area contributed by atoms with Crippen LogP contribution in [0, 0.1) is 0 Å². The van der Waals surface area contributed by atoms with Crippen LogP contribution in [0.4, 0.5) is 0 Å². The Morgan fingerprint density at radius 3 is 1.92 bits per heavy atom.